The highest BCUT2D eigenvalue weighted by Crippen LogP contribution is 2.34. The van der Waals surface area contributed by atoms with E-state index in [2.05, 4.69) is 15.2 Å². The van der Waals surface area contributed by atoms with Gasteiger partial charge in [0.25, 0.3) is 5.91 Å². The van der Waals surface area contributed by atoms with Gasteiger partial charge in [0.15, 0.2) is 0 Å². The molecule has 2 aromatic carbocycles. The lowest BCUT2D eigenvalue weighted by molar-refractivity contribution is 0.0516. The second kappa shape index (κ2) is 10.6. The van der Waals surface area contributed by atoms with Gasteiger partial charge < -0.3 is 9.64 Å². The number of benzene rings is 2. The van der Waals surface area contributed by atoms with Gasteiger partial charge in [-0.15, -0.1) is 0 Å². The van der Waals surface area contributed by atoms with Gasteiger partial charge in [0.05, 0.1) is 24.4 Å². The molecule has 192 valence electrons. The fourth-order valence-electron chi connectivity index (χ4n) is 4.86. The van der Waals surface area contributed by atoms with Crippen LogP contribution < -0.4 is 4.74 Å². The summed E-state index contributed by atoms with van der Waals surface area (Å²) in [4.78, 5) is 21.9. The number of fused-ring (bicyclic) bond motifs is 1. The van der Waals surface area contributed by atoms with E-state index in [9.17, 15) is 13.6 Å². The van der Waals surface area contributed by atoms with Crippen molar-refractivity contribution in [2.24, 2.45) is 0 Å². The smallest absolute Gasteiger partial charge is 0.254 e. The van der Waals surface area contributed by atoms with E-state index in [-0.39, 0.29) is 17.8 Å². The molecule has 0 spiro atoms. The van der Waals surface area contributed by atoms with Crippen LogP contribution >= 0.6 is 0 Å². The highest BCUT2D eigenvalue weighted by molar-refractivity contribution is 5.96. The molecule has 4 aromatic rings. The van der Waals surface area contributed by atoms with Crippen LogP contribution in [0.15, 0.2) is 61.1 Å². The van der Waals surface area contributed by atoms with Gasteiger partial charge in [-0.1, -0.05) is 12.1 Å². The lowest BCUT2D eigenvalue weighted by Crippen LogP contribution is -2.49. The minimum atomic E-state index is -0.788. The number of nitrogens with one attached hydrogen (secondary N) is 1. The Balaban J connectivity index is 1.46. The van der Waals surface area contributed by atoms with Crippen LogP contribution in [-0.4, -0.2) is 70.3 Å². The number of hydrogen-bond acceptors (Lipinski definition) is 5. The van der Waals surface area contributed by atoms with E-state index in [1.807, 2.05) is 11.8 Å². The molecule has 1 aliphatic heterocycles. The number of carbonyl (C=O) groups is 1. The van der Waals surface area contributed by atoms with Crippen molar-refractivity contribution < 1.29 is 18.3 Å². The predicted molar refractivity (Wildman–Crippen MR) is 138 cm³/mol. The molecule has 1 aliphatic rings. The van der Waals surface area contributed by atoms with Crippen LogP contribution in [0, 0.1) is 5.82 Å². The standard InChI is InChI=1S/C28H29F2N5O2/c1-3-37-26-12-19(7-8-23(26)18-5-4-6-21(29)11-18)28(36)34(2)25(9-10-35-16-22(30)17-35)24-15-31-13-20-14-32-33-27(20)24/h4-8,11-15,22,25H,3,9-10,16-17H2,1-2H3,(H,32,33)/t25-/m1/s1. The maximum Gasteiger partial charge on any atom is 0.254 e. The number of likely N-dealkylation sites (tertiary alicyclic amines) is 1. The largest absolute Gasteiger partial charge is 0.493 e. The summed E-state index contributed by atoms with van der Waals surface area (Å²) in [6, 6.07) is 11.2. The molecule has 0 radical (unpaired) electrons. The lowest BCUT2D eigenvalue weighted by atomic mass is 9.98. The zero-order chi connectivity index (χ0) is 25.9. The Morgan fingerprint density at radius 1 is 1.22 bits per heavy atom. The number of H-pyrrole nitrogens is 1. The number of rotatable bonds is 9. The minimum absolute atomic E-state index is 0.194. The molecule has 0 unspecified atom stereocenters. The topological polar surface area (TPSA) is 74.3 Å². The third kappa shape index (κ3) is 5.17. The molecule has 0 aliphatic carbocycles. The average Bonchev–Trinajstić information content (AvgIpc) is 3.37. The van der Waals surface area contributed by atoms with Gasteiger partial charge in [0.1, 0.15) is 17.7 Å². The molecule has 1 atom stereocenters. The molecular weight excluding hydrogens is 476 g/mol. The number of hydrogen-bond donors (Lipinski definition) is 1. The van der Waals surface area contributed by atoms with E-state index >= 15 is 0 Å². The van der Waals surface area contributed by atoms with E-state index in [1.165, 1.54) is 12.1 Å². The SMILES string of the molecule is CCOc1cc(C(=O)N(C)[C@H](CCN2CC(F)C2)c2cncc3cn[nH]c23)ccc1-c1cccc(F)c1. The quantitative estimate of drug-likeness (QED) is 0.346. The van der Waals surface area contributed by atoms with Gasteiger partial charge >= 0.3 is 0 Å². The number of aromatic nitrogens is 3. The highest BCUT2D eigenvalue weighted by atomic mass is 19.1. The fraction of sp³-hybridized carbons (Fsp3) is 0.321. The van der Waals surface area contributed by atoms with Crippen LogP contribution in [-0.2, 0) is 0 Å². The van der Waals surface area contributed by atoms with Crippen molar-refractivity contribution in [3.05, 3.63) is 78.0 Å². The third-order valence-electron chi connectivity index (χ3n) is 6.83. The minimum Gasteiger partial charge on any atom is -0.493 e. The van der Waals surface area contributed by atoms with Gasteiger partial charge in [-0.05, 0) is 49.2 Å². The Hall–Kier alpha value is -3.85. The molecule has 1 N–H and O–H groups in total. The normalized spacial score (nSPS) is 14.9. The number of halogens is 2. The van der Waals surface area contributed by atoms with E-state index in [0.29, 0.717) is 55.1 Å². The van der Waals surface area contributed by atoms with Gasteiger partial charge in [-0.25, -0.2) is 8.78 Å². The Labute approximate surface area is 214 Å². The first-order valence-corrected chi connectivity index (χ1v) is 12.4. The summed E-state index contributed by atoms with van der Waals surface area (Å²) in [6.45, 7) is 3.74. The Morgan fingerprint density at radius 2 is 2.05 bits per heavy atom. The first-order valence-electron chi connectivity index (χ1n) is 12.4. The predicted octanol–water partition coefficient (Wildman–Crippen LogP) is 5.02. The molecule has 1 saturated heterocycles. The van der Waals surface area contributed by atoms with Crippen molar-refractivity contribution in [1.82, 2.24) is 25.0 Å². The van der Waals surface area contributed by atoms with E-state index in [1.54, 1.807) is 60.9 Å². The van der Waals surface area contributed by atoms with Crippen LogP contribution in [0.4, 0.5) is 8.78 Å². The van der Waals surface area contributed by atoms with E-state index < -0.39 is 6.17 Å². The first-order chi connectivity index (χ1) is 17.9. The van der Waals surface area contributed by atoms with Crippen molar-refractivity contribution in [1.29, 1.82) is 0 Å². The zero-order valence-corrected chi connectivity index (χ0v) is 20.8. The molecule has 7 nitrogen and oxygen atoms in total. The zero-order valence-electron chi connectivity index (χ0n) is 20.8. The van der Waals surface area contributed by atoms with E-state index in [4.69, 9.17) is 4.74 Å². The number of aromatic amines is 1. The van der Waals surface area contributed by atoms with Gasteiger partial charge in [0.2, 0.25) is 0 Å². The van der Waals surface area contributed by atoms with Crippen molar-refractivity contribution >= 4 is 16.8 Å². The summed E-state index contributed by atoms with van der Waals surface area (Å²) in [7, 11) is 1.76. The van der Waals surface area contributed by atoms with E-state index in [0.717, 1.165) is 16.5 Å². The Morgan fingerprint density at radius 3 is 2.81 bits per heavy atom. The highest BCUT2D eigenvalue weighted by Gasteiger charge is 2.30. The monoisotopic (exact) mass is 505 g/mol. The van der Waals surface area contributed by atoms with Gasteiger partial charge in [0, 0.05) is 61.2 Å². The maximum absolute atomic E-state index is 13.9. The number of amides is 1. The molecule has 0 saturated carbocycles. The second-order valence-corrected chi connectivity index (χ2v) is 9.29. The molecule has 5 rings (SSSR count). The average molecular weight is 506 g/mol. The molecule has 3 heterocycles. The molecule has 37 heavy (non-hydrogen) atoms. The van der Waals surface area contributed by atoms with Crippen molar-refractivity contribution in [3.63, 3.8) is 0 Å². The summed E-state index contributed by atoms with van der Waals surface area (Å²) < 4.78 is 33.1. The molecule has 1 fully saturated rings. The summed E-state index contributed by atoms with van der Waals surface area (Å²) in [5, 5.41) is 8.03. The number of ether oxygens (including phenoxy) is 1. The Kier molecular flexibility index (Phi) is 7.14. The molecule has 2 aromatic heterocycles. The summed E-state index contributed by atoms with van der Waals surface area (Å²) in [6.07, 6.45) is 5.00. The molecule has 9 heteroatoms. The van der Waals surface area contributed by atoms with Crippen molar-refractivity contribution in [3.8, 4) is 16.9 Å². The summed E-state index contributed by atoms with van der Waals surface area (Å²) >= 11 is 0. The van der Waals surface area contributed by atoms with Gasteiger partial charge in [-0.3, -0.25) is 19.8 Å². The van der Waals surface area contributed by atoms with Crippen LogP contribution in [0.25, 0.3) is 22.0 Å². The van der Waals surface area contributed by atoms with Crippen molar-refractivity contribution in [2.75, 3.05) is 33.3 Å². The summed E-state index contributed by atoms with van der Waals surface area (Å²) in [5.41, 5.74) is 3.51. The number of carbonyl (C=O) groups excluding carboxylic acids is 1. The van der Waals surface area contributed by atoms with Crippen LogP contribution in [0.5, 0.6) is 5.75 Å². The van der Waals surface area contributed by atoms with Crippen LogP contribution in [0.2, 0.25) is 0 Å². The molecule has 0 bridgehead atoms. The second-order valence-electron chi connectivity index (χ2n) is 9.29. The lowest BCUT2D eigenvalue weighted by Gasteiger charge is -2.37. The third-order valence-corrected chi connectivity index (χ3v) is 6.83. The molecule has 1 amide bonds. The number of alkyl halides is 1. The first kappa shape index (κ1) is 24.8. The maximum atomic E-state index is 13.9. The van der Waals surface area contributed by atoms with Gasteiger partial charge in [-0.2, -0.15) is 5.10 Å². The Bertz CT molecular complexity index is 1400. The van der Waals surface area contributed by atoms with Crippen LogP contribution in [0.1, 0.15) is 35.3 Å². The summed E-state index contributed by atoms with van der Waals surface area (Å²) in [5.74, 6) is -0.0263. The van der Waals surface area contributed by atoms with Crippen molar-refractivity contribution in [2.45, 2.75) is 25.6 Å². The number of pyridine rings is 1. The number of nitrogens with zero attached hydrogens (tertiary/aromatic N) is 4. The van der Waals surface area contributed by atoms with Crippen LogP contribution in [0.3, 0.4) is 0 Å². The fourth-order valence-corrected chi connectivity index (χ4v) is 4.86. The molecular formula is C28H29F2N5O2.